The summed E-state index contributed by atoms with van der Waals surface area (Å²) < 4.78 is 5.29. The SMILES string of the molecule is O=C(Cc1ccc([N+](=O)[O-])cc1)NN=Cc1ccc(OC(=O)c2ccccc2)cc1. The van der Waals surface area contributed by atoms with E-state index in [2.05, 4.69) is 10.5 Å². The second-order valence-corrected chi connectivity index (χ2v) is 6.22. The van der Waals surface area contributed by atoms with Crippen LogP contribution in [0.2, 0.25) is 0 Å². The van der Waals surface area contributed by atoms with Crippen LogP contribution in [-0.4, -0.2) is 23.0 Å². The molecule has 0 aliphatic carbocycles. The van der Waals surface area contributed by atoms with Crippen molar-refractivity contribution in [2.24, 2.45) is 5.10 Å². The van der Waals surface area contributed by atoms with Crippen LogP contribution in [0.5, 0.6) is 5.75 Å². The predicted molar refractivity (Wildman–Crippen MR) is 110 cm³/mol. The monoisotopic (exact) mass is 403 g/mol. The van der Waals surface area contributed by atoms with E-state index in [0.29, 0.717) is 22.4 Å². The average molecular weight is 403 g/mol. The van der Waals surface area contributed by atoms with E-state index < -0.39 is 10.9 Å². The van der Waals surface area contributed by atoms with Crippen LogP contribution in [0.15, 0.2) is 84.0 Å². The van der Waals surface area contributed by atoms with E-state index in [1.807, 2.05) is 6.07 Å². The molecule has 0 fully saturated rings. The Labute approximate surface area is 172 Å². The van der Waals surface area contributed by atoms with Crippen molar-refractivity contribution in [2.75, 3.05) is 0 Å². The zero-order valence-corrected chi connectivity index (χ0v) is 15.7. The second-order valence-electron chi connectivity index (χ2n) is 6.22. The summed E-state index contributed by atoms with van der Waals surface area (Å²) in [6.45, 7) is 0. The van der Waals surface area contributed by atoms with Crippen LogP contribution in [0.25, 0.3) is 0 Å². The first-order valence-electron chi connectivity index (χ1n) is 8.94. The molecule has 1 N–H and O–H groups in total. The molecule has 3 aromatic rings. The van der Waals surface area contributed by atoms with E-state index in [1.54, 1.807) is 48.5 Å². The summed E-state index contributed by atoms with van der Waals surface area (Å²) in [6.07, 6.45) is 1.50. The van der Waals surface area contributed by atoms with E-state index >= 15 is 0 Å². The van der Waals surface area contributed by atoms with Gasteiger partial charge in [-0.15, -0.1) is 0 Å². The van der Waals surface area contributed by atoms with Gasteiger partial charge in [-0.25, -0.2) is 10.2 Å². The number of ether oxygens (including phenoxy) is 1. The number of benzene rings is 3. The highest BCUT2D eigenvalue weighted by Crippen LogP contribution is 2.14. The van der Waals surface area contributed by atoms with Crippen LogP contribution in [0.1, 0.15) is 21.5 Å². The Balaban J connectivity index is 1.49. The minimum absolute atomic E-state index is 0.0323. The number of hydrogen-bond donors (Lipinski definition) is 1. The van der Waals surface area contributed by atoms with Crippen molar-refractivity contribution >= 4 is 23.8 Å². The highest BCUT2D eigenvalue weighted by Gasteiger charge is 2.08. The highest BCUT2D eigenvalue weighted by molar-refractivity contribution is 5.91. The van der Waals surface area contributed by atoms with Crippen molar-refractivity contribution in [3.63, 3.8) is 0 Å². The van der Waals surface area contributed by atoms with Crippen LogP contribution >= 0.6 is 0 Å². The quantitative estimate of drug-likeness (QED) is 0.213. The minimum atomic E-state index is -0.498. The Morgan fingerprint density at radius 1 is 0.967 bits per heavy atom. The maximum atomic E-state index is 12.0. The fourth-order valence-corrected chi connectivity index (χ4v) is 2.50. The summed E-state index contributed by atoms with van der Waals surface area (Å²) in [6, 6.07) is 21.0. The number of carbonyl (C=O) groups excluding carboxylic acids is 2. The van der Waals surface area contributed by atoms with E-state index in [-0.39, 0.29) is 18.0 Å². The fraction of sp³-hybridized carbons (Fsp3) is 0.0455. The van der Waals surface area contributed by atoms with E-state index in [1.165, 1.54) is 30.5 Å². The third-order valence-corrected chi connectivity index (χ3v) is 4.01. The normalized spacial score (nSPS) is 10.5. The van der Waals surface area contributed by atoms with Gasteiger partial charge in [-0.1, -0.05) is 30.3 Å². The van der Waals surface area contributed by atoms with E-state index in [4.69, 9.17) is 4.74 Å². The summed E-state index contributed by atoms with van der Waals surface area (Å²) in [4.78, 5) is 34.1. The van der Waals surface area contributed by atoms with Gasteiger partial charge in [0.05, 0.1) is 23.1 Å². The molecule has 1 amide bonds. The lowest BCUT2D eigenvalue weighted by molar-refractivity contribution is -0.384. The molecule has 30 heavy (non-hydrogen) atoms. The second kappa shape index (κ2) is 9.74. The van der Waals surface area contributed by atoms with Gasteiger partial charge in [0.1, 0.15) is 5.75 Å². The Hall–Kier alpha value is -4.33. The first-order chi connectivity index (χ1) is 14.5. The Morgan fingerprint density at radius 2 is 1.63 bits per heavy atom. The number of nitro benzene ring substituents is 1. The van der Waals surface area contributed by atoms with Gasteiger partial charge in [0.2, 0.25) is 5.91 Å². The van der Waals surface area contributed by atoms with Crippen molar-refractivity contribution in [3.8, 4) is 5.75 Å². The molecule has 3 rings (SSSR count). The molecule has 0 atom stereocenters. The van der Waals surface area contributed by atoms with E-state index in [9.17, 15) is 19.7 Å². The minimum Gasteiger partial charge on any atom is -0.423 e. The molecule has 3 aromatic carbocycles. The Morgan fingerprint density at radius 3 is 2.27 bits per heavy atom. The molecular weight excluding hydrogens is 386 g/mol. The Kier molecular flexibility index (Phi) is 6.63. The van der Waals surface area contributed by atoms with Crippen molar-refractivity contribution in [3.05, 3.63) is 106 Å². The molecule has 0 radical (unpaired) electrons. The van der Waals surface area contributed by atoms with Gasteiger partial charge in [0.25, 0.3) is 5.69 Å². The largest absolute Gasteiger partial charge is 0.423 e. The number of carbonyl (C=O) groups is 2. The molecule has 0 aromatic heterocycles. The fourth-order valence-electron chi connectivity index (χ4n) is 2.50. The molecule has 0 saturated carbocycles. The molecule has 8 nitrogen and oxygen atoms in total. The Bertz CT molecular complexity index is 1060. The zero-order chi connectivity index (χ0) is 21.3. The van der Waals surface area contributed by atoms with Gasteiger partial charge in [-0.2, -0.15) is 5.10 Å². The maximum Gasteiger partial charge on any atom is 0.343 e. The molecule has 0 unspecified atom stereocenters. The average Bonchev–Trinajstić information content (AvgIpc) is 2.76. The van der Waals surface area contributed by atoms with Crippen molar-refractivity contribution < 1.29 is 19.2 Å². The predicted octanol–water partition coefficient (Wildman–Crippen LogP) is 3.51. The van der Waals surface area contributed by atoms with Gasteiger partial charge >= 0.3 is 5.97 Å². The van der Waals surface area contributed by atoms with Gasteiger partial charge in [0, 0.05) is 12.1 Å². The highest BCUT2D eigenvalue weighted by atomic mass is 16.6. The zero-order valence-electron chi connectivity index (χ0n) is 15.7. The lowest BCUT2D eigenvalue weighted by Gasteiger charge is -2.04. The molecule has 0 saturated heterocycles. The summed E-state index contributed by atoms with van der Waals surface area (Å²) in [5, 5.41) is 14.5. The van der Waals surface area contributed by atoms with Gasteiger partial charge in [-0.3, -0.25) is 14.9 Å². The van der Waals surface area contributed by atoms with Crippen molar-refractivity contribution in [1.29, 1.82) is 0 Å². The molecule has 0 aliphatic heterocycles. The number of nitrogens with zero attached hydrogens (tertiary/aromatic N) is 2. The van der Waals surface area contributed by atoms with Gasteiger partial charge < -0.3 is 4.74 Å². The first-order valence-corrected chi connectivity index (χ1v) is 8.94. The number of hydrogen-bond acceptors (Lipinski definition) is 6. The van der Waals surface area contributed by atoms with Crippen LogP contribution in [0.4, 0.5) is 5.69 Å². The number of rotatable bonds is 7. The molecule has 0 heterocycles. The smallest absolute Gasteiger partial charge is 0.343 e. The van der Waals surface area contributed by atoms with Crippen LogP contribution in [0, 0.1) is 10.1 Å². The van der Waals surface area contributed by atoms with E-state index in [0.717, 1.165) is 0 Å². The number of amides is 1. The summed E-state index contributed by atoms with van der Waals surface area (Å²) in [5.41, 5.74) is 4.16. The summed E-state index contributed by atoms with van der Waals surface area (Å²) in [5.74, 6) is -0.410. The summed E-state index contributed by atoms with van der Waals surface area (Å²) >= 11 is 0. The maximum absolute atomic E-state index is 12.0. The van der Waals surface area contributed by atoms with Crippen LogP contribution in [0.3, 0.4) is 0 Å². The molecule has 0 bridgehead atoms. The third kappa shape index (κ3) is 5.83. The lowest BCUT2D eigenvalue weighted by Crippen LogP contribution is -2.19. The molecule has 0 spiro atoms. The topological polar surface area (TPSA) is 111 Å². The number of nitrogens with one attached hydrogen (secondary N) is 1. The third-order valence-electron chi connectivity index (χ3n) is 4.01. The standard InChI is InChI=1S/C22H17N3O5/c26-21(14-16-6-10-19(11-7-16)25(28)29)24-23-15-17-8-12-20(13-9-17)30-22(27)18-4-2-1-3-5-18/h1-13,15H,14H2,(H,24,26). The van der Waals surface area contributed by atoms with Crippen LogP contribution in [-0.2, 0) is 11.2 Å². The number of non-ortho nitro benzene ring substituents is 1. The van der Waals surface area contributed by atoms with Crippen molar-refractivity contribution in [2.45, 2.75) is 6.42 Å². The van der Waals surface area contributed by atoms with Gasteiger partial charge in [-0.05, 0) is 47.5 Å². The molecule has 150 valence electrons. The lowest BCUT2D eigenvalue weighted by atomic mass is 10.1. The number of nitro groups is 1. The van der Waals surface area contributed by atoms with Crippen LogP contribution < -0.4 is 10.2 Å². The molecular formula is C22H17N3O5. The number of esters is 1. The first kappa shape index (κ1) is 20.4. The van der Waals surface area contributed by atoms with Crippen molar-refractivity contribution in [1.82, 2.24) is 5.43 Å². The summed E-state index contributed by atoms with van der Waals surface area (Å²) in [7, 11) is 0. The number of hydrazone groups is 1. The van der Waals surface area contributed by atoms with Gasteiger partial charge in [0.15, 0.2) is 0 Å². The molecule has 0 aliphatic rings. The molecule has 8 heteroatoms.